The number of anilines is 1. The average molecular weight is 389 g/mol. The average Bonchev–Trinajstić information content (AvgIpc) is 2.74. The molecule has 0 aliphatic heterocycles. The first kappa shape index (κ1) is 18.0. The van der Waals surface area contributed by atoms with E-state index in [2.05, 4.69) is 10.3 Å². The van der Waals surface area contributed by atoms with Gasteiger partial charge in [-0.1, -0.05) is 60.1 Å². The maximum absolute atomic E-state index is 12.5. The molecule has 1 amide bonds. The van der Waals surface area contributed by atoms with Crippen molar-refractivity contribution < 1.29 is 9.53 Å². The summed E-state index contributed by atoms with van der Waals surface area (Å²) in [5, 5.41) is 4.31. The number of benzene rings is 3. The normalized spacial score (nSPS) is 10.6. The number of halogens is 1. The van der Waals surface area contributed by atoms with Gasteiger partial charge in [-0.2, -0.15) is 0 Å². The number of ether oxygens (including phenoxy) is 1. The van der Waals surface area contributed by atoms with Gasteiger partial charge in [0.2, 0.25) is 0 Å². The van der Waals surface area contributed by atoms with E-state index in [1.807, 2.05) is 66.7 Å². The molecule has 0 atom stereocenters. The zero-order valence-corrected chi connectivity index (χ0v) is 15.7. The molecule has 4 aromatic rings. The summed E-state index contributed by atoms with van der Waals surface area (Å²) in [6.07, 6.45) is 1.67. The lowest BCUT2D eigenvalue weighted by molar-refractivity contribution is -0.118. The lowest BCUT2D eigenvalue weighted by Crippen LogP contribution is -2.20. The van der Waals surface area contributed by atoms with Gasteiger partial charge in [0.15, 0.2) is 6.61 Å². The minimum Gasteiger partial charge on any atom is -0.481 e. The van der Waals surface area contributed by atoms with Crippen molar-refractivity contribution in [1.82, 2.24) is 4.98 Å². The first-order valence-electron chi connectivity index (χ1n) is 8.83. The van der Waals surface area contributed by atoms with E-state index in [9.17, 15) is 4.79 Å². The number of para-hydroxylation sites is 1. The molecule has 1 N–H and O–H groups in total. The molecular formula is C23H17ClN2O2. The van der Waals surface area contributed by atoms with Gasteiger partial charge in [0, 0.05) is 22.8 Å². The lowest BCUT2D eigenvalue weighted by Gasteiger charge is -2.13. The summed E-state index contributed by atoms with van der Waals surface area (Å²) in [4.78, 5) is 16.8. The highest BCUT2D eigenvalue weighted by Crippen LogP contribution is 2.30. The van der Waals surface area contributed by atoms with Crippen LogP contribution in [-0.2, 0) is 4.79 Å². The van der Waals surface area contributed by atoms with Gasteiger partial charge in [-0.3, -0.25) is 9.78 Å². The van der Waals surface area contributed by atoms with E-state index in [0.29, 0.717) is 16.3 Å². The maximum atomic E-state index is 12.5. The van der Waals surface area contributed by atoms with Gasteiger partial charge in [0.25, 0.3) is 5.91 Å². The molecule has 1 aromatic heterocycles. The van der Waals surface area contributed by atoms with Crippen molar-refractivity contribution in [2.45, 2.75) is 0 Å². The van der Waals surface area contributed by atoms with Crippen molar-refractivity contribution in [2.24, 2.45) is 0 Å². The van der Waals surface area contributed by atoms with E-state index < -0.39 is 0 Å². The Labute approximate surface area is 167 Å². The molecule has 0 spiro atoms. The molecule has 28 heavy (non-hydrogen) atoms. The van der Waals surface area contributed by atoms with E-state index in [1.54, 1.807) is 18.3 Å². The number of hydrogen-bond donors (Lipinski definition) is 1. The van der Waals surface area contributed by atoms with E-state index in [4.69, 9.17) is 16.3 Å². The minimum absolute atomic E-state index is 0.129. The second kappa shape index (κ2) is 8.11. The van der Waals surface area contributed by atoms with E-state index in [1.165, 1.54) is 0 Å². The Bertz CT molecular complexity index is 1130. The van der Waals surface area contributed by atoms with Crippen molar-refractivity contribution in [1.29, 1.82) is 0 Å². The highest BCUT2D eigenvalue weighted by atomic mass is 35.5. The number of aromatic nitrogens is 1. The highest BCUT2D eigenvalue weighted by molar-refractivity contribution is 6.35. The number of nitrogens with one attached hydrogen (secondary N) is 1. The molecule has 0 aliphatic rings. The summed E-state index contributed by atoms with van der Waals surface area (Å²) in [6, 6.07) is 24.7. The van der Waals surface area contributed by atoms with Gasteiger partial charge in [-0.25, -0.2) is 0 Å². The molecule has 0 aliphatic carbocycles. The maximum Gasteiger partial charge on any atom is 0.262 e. The molecular weight excluding hydrogens is 372 g/mol. The molecule has 1 heterocycles. The first-order chi connectivity index (χ1) is 13.7. The summed E-state index contributed by atoms with van der Waals surface area (Å²) < 4.78 is 5.72. The van der Waals surface area contributed by atoms with Gasteiger partial charge in [-0.05, 0) is 35.9 Å². The standard InChI is InChI=1S/C23H17ClN2O2/c24-19-12-13-21(23-18(19)10-6-14-25-23)28-15-22(27)26-20-11-5-4-9-17(20)16-7-2-1-3-8-16/h1-14H,15H2,(H,26,27). The van der Waals surface area contributed by atoms with Crippen molar-refractivity contribution in [3.8, 4) is 16.9 Å². The molecule has 0 bridgehead atoms. The van der Waals surface area contributed by atoms with Crippen LogP contribution in [0, 0.1) is 0 Å². The number of carbonyl (C=O) groups excluding carboxylic acids is 1. The molecule has 4 rings (SSSR count). The molecule has 4 nitrogen and oxygen atoms in total. The lowest BCUT2D eigenvalue weighted by atomic mass is 10.0. The fourth-order valence-electron chi connectivity index (χ4n) is 3.02. The highest BCUT2D eigenvalue weighted by Gasteiger charge is 2.11. The van der Waals surface area contributed by atoms with Crippen LogP contribution in [0.2, 0.25) is 5.02 Å². The van der Waals surface area contributed by atoms with Crippen LogP contribution >= 0.6 is 11.6 Å². The molecule has 0 saturated carbocycles. The third-order valence-corrected chi connectivity index (χ3v) is 4.65. The molecule has 0 saturated heterocycles. The molecule has 0 unspecified atom stereocenters. The van der Waals surface area contributed by atoms with Crippen molar-refractivity contribution in [3.63, 3.8) is 0 Å². The summed E-state index contributed by atoms with van der Waals surface area (Å²) in [5.74, 6) is 0.272. The number of rotatable bonds is 5. The predicted molar refractivity (Wildman–Crippen MR) is 113 cm³/mol. The Balaban J connectivity index is 1.50. The number of hydrogen-bond acceptors (Lipinski definition) is 3. The van der Waals surface area contributed by atoms with Crippen molar-refractivity contribution >= 4 is 34.1 Å². The van der Waals surface area contributed by atoms with E-state index >= 15 is 0 Å². The van der Waals surface area contributed by atoms with Gasteiger partial charge in [-0.15, -0.1) is 0 Å². The van der Waals surface area contributed by atoms with Gasteiger partial charge >= 0.3 is 0 Å². The van der Waals surface area contributed by atoms with Crippen LogP contribution in [0.3, 0.4) is 0 Å². The summed E-state index contributed by atoms with van der Waals surface area (Å²) in [6.45, 7) is -0.129. The largest absolute Gasteiger partial charge is 0.481 e. The second-order valence-corrected chi connectivity index (χ2v) is 6.60. The molecule has 3 aromatic carbocycles. The molecule has 0 fully saturated rings. The number of nitrogens with zero attached hydrogens (tertiary/aromatic N) is 1. The fourth-order valence-corrected chi connectivity index (χ4v) is 3.24. The minimum atomic E-state index is -0.248. The molecule has 0 radical (unpaired) electrons. The third-order valence-electron chi connectivity index (χ3n) is 4.32. The fraction of sp³-hybridized carbons (Fsp3) is 0.0435. The predicted octanol–water partition coefficient (Wildman–Crippen LogP) is 5.57. The number of fused-ring (bicyclic) bond motifs is 1. The quantitative estimate of drug-likeness (QED) is 0.486. The Morgan fingerprint density at radius 1 is 0.929 bits per heavy atom. The summed E-state index contributed by atoms with van der Waals surface area (Å²) in [5.41, 5.74) is 3.36. The van der Waals surface area contributed by atoms with Crippen LogP contribution in [0.4, 0.5) is 5.69 Å². The van der Waals surface area contributed by atoms with Crippen LogP contribution in [0.15, 0.2) is 85.1 Å². The van der Waals surface area contributed by atoms with Crippen LogP contribution in [-0.4, -0.2) is 17.5 Å². The van der Waals surface area contributed by atoms with Crippen LogP contribution < -0.4 is 10.1 Å². The summed E-state index contributed by atoms with van der Waals surface area (Å²) >= 11 is 6.20. The zero-order valence-electron chi connectivity index (χ0n) is 14.9. The van der Waals surface area contributed by atoms with Gasteiger partial charge in [0.05, 0.1) is 5.02 Å². The van der Waals surface area contributed by atoms with Crippen LogP contribution in [0.25, 0.3) is 22.0 Å². The first-order valence-corrected chi connectivity index (χ1v) is 9.20. The Kier molecular flexibility index (Phi) is 5.22. The van der Waals surface area contributed by atoms with Crippen molar-refractivity contribution in [2.75, 3.05) is 11.9 Å². The second-order valence-electron chi connectivity index (χ2n) is 6.19. The SMILES string of the molecule is O=C(COc1ccc(Cl)c2cccnc12)Nc1ccccc1-c1ccccc1. The van der Waals surface area contributed by atoms with Gasteiger partial charge in [0.1, 0.15) is 11.3 Å². The smallest absolute Gasteiger partial charge is 0.262 e. The number of pyridine rings is 1. The Hall–Kier alpha value is -3.37. The monoisotopic (exact) mass is 388 g/mol. The third kappa shape index (κ3) is 3.82. The Morgan fingerprint density at radius 3 is 2.57 bits per heavy atom. The molecule has 5 heteroatoms. The van der Waals surface area contributed by atoms with Crippen LogP contribution in [0.1, 0.15) is 0 Å². The summed E-state index contributed by atoms with van der Waals surface area (Å²) in [7, 11) is 0. The Morgan fingerprint density at radius 2 is 1.71 bits per heavy atom. The van der Waals surface area contributed by atoms with E-state index in [-0.39, 0.29) is 12.5 Å². The van der Waals surface area contributed by atoms with E-state index in [0.717, 1.165) is 22.2 Å². The number of carbonyl (C=O) groups is 1. The van der Waals surface area contributed by atoms with Crippen LogP contribution in [0.5, 0.6) is 5.75 Å². The van der Waals surface area contributed by atoms with Gasteiger partial charge < -0.3 is 10.1 Å². The van der Waals surface area contributed by atoms with Crippen molar-refractivity contribution in [3.05, 3.63) is 90.1 Å². The number of amides is 1. The molecule has 138 valence electrons. The zero-order chi connectivity index (χ0) is 19.3. The topological polar surface area (TPSA) is 51.2 Å².